The van der Waals surface area contributed by atoms with Crippen LogP contribution in [-0.4, -0.2) is 37.2 Å². The SMILES string of the molecule is CCCCCC/C=C\C/C=C\CCCCCCCC(=O)OCC(COC(=O)CCCCCCCCCCCCCCCCCCCCCCCCCCC)OC(=O)CCCCCCCCCCCCCCCCCCCCCCC. The maximum atomic E-state index is 13.0. The predicted octanol–water partition coefficient (Wildman–Crippen LogP) is 25.0. The molecule has 6 heteroatoms. The number of ether oxygens (including phenoxy) is 3. The molecule has 0 aliphatic rings. The molecule has 0 aliphatic carbocycles. The molecule has 0 fully saturated rings. The molecule has 0 bridgehead atoms. The van der Waals surface area contributed by atoms with Crippen LogP contribution in [0, 0.1) is 0 Å². The van der Waals surface area contributed by atoms with Gasteiger partial charge in [0.2, 0.25) is 0 Å². The van der Waals surface area contributed by atoms with E-state index in [4.69, 9.17) is 14.2 Å². The Morgan fingerprint density at radius 1 is 0.250 bits per heavy atom. The fourth-order valence-corrected chi connectivity index (χ4v) is 11.2. The van der Waals surface area contributed by atoms with Gasteiger partial charge >= 0.3 is 17.9 Å². The zero-order valence-corrected chi connectivity index (χ0v) is 54.4. The van der Waals surface area contributed by atoms with Crippen molar-refractivity contribution in [3.63, 3.8) is 0 Å². The van der Waals surface area contributed by atoms with Gasteiger partial charge in [-0.05, 0) is 51.4 Å². The van der Waals surface area contributed by atoms with E-state index in [0.29, 0.717) is 19.3 Å². The summed E-state index contributed by atoms with van der Waals surface area (Å²) in [6, 6.07) is 0. The first-order chi connectivity index (χ1) is 39.5. The molecule has 1 unspecified atom stereocenters. The molecule has 0 aromatic rings. The summed E-state index contributed by atoms with van der Waals surface area (Å²) in [5.74, 6) is -0.848. The van der Waals surface area contributed by atoms with Crippen molar-refractivity contribution in [2.24, 2.45) is 0 Å². The number of hydrogen-bond acceptors (Lipinski definition) is 6. The summed E-state index contributed by atoms with van der Waals surface area (Å²) in [4.78, 5) is 38.5. The summed E-state index contributed by atoms with van der Waals surface area (Å²) in [6.45, 7) is 6.70. The van der Waals surface area contributed by atoms with Crippen LogP contribution in [0.1, 0.15) is 412 Å². The number of carbonyl (C=O) groups excluding carboxylic acids is 3. The largest absolute Gasteiger partial charge is 0.462 e. The van der Waals surface area contributed by atoms with Crippen LogP contribution in [0.3, 0.4) is 0 Å². The summed E-state index contributed by atoms with van der Waals surface area (Å²) < 4.78 is 17.0. The van der Waals surface area contributed by atoms with Crippen molar-refractivity contribution in [2.45, 2.75) is 419 Å². The van der Waals surface area contributed by atoms with E-state index in [1.54, 1.807) is 0 Å². The van der Waals surface area contributed by atoms with E-state index in [1.807, 2.05) is 0 Å². The van der Waals surface area contributed by atoms with Gasteiger partial charge in [-0.3, -0.25) is 14.4 Å². The van der Waals surface area contributed by atoms with Gasteiger partial charge in [-0.2, -0.15) is 0 Å². The first-order valence-corrected chi connectivity index (χ1v) is 36.3. The Kier molecular flexibility index (Phi) is 67.6. The van der Waals surface area contributed by atoms with Crippen LogP contribution < -0.4 is 0 Å². The van der Waals surface area contributed by atoms with Gasteiger partial charge in [0.05, 0.1) is 0 Å². The lowest BCUT2D eigenvalue weighted by molar-refractivity contribution is -0.167. The van der Waals surface area contributed by atoms with E-state index in [-0.39, 0.29) is 31.1 Å². The topological polar surface area (TPSA) is 78.9 Å². The van der Waals surface area contributed by atoms with E-state index < -0.39 is 6.10 Å². The standard InChI is InChI=1S/C74H140O6/c1-4-7-10-13-16-19-22-25-28-31-33-35-36-37-38-40-41-43-46-49-52-55-58-61-64-67-73(76)79-70-71(69-78-72(75)66-63-60-57-54-51-48-45-30-27-24-21-18-15-12-9-6-3)80-74(77)68-65-62-59-56-53-50-47-44-42-39-34-32-29-26-23-20-17-14-11-8-5-2/h21,24,30,45,71H,4-20,22-23,25-29,31-44,46-70H2,1-3H3/b24-21-,45-30-. The van der Waals surface area contributed by atoms with Crippen molar-refractivity contribution in [1.82, 2.24) is 0 Å². The minimum Gasteiger partial charge on any atom is -0.462 e. The lowest BCUT2D eigenvalue weighted by atomic mass is 10.0. The van der Waals surface area contributed by atoms with Crippen molar-refractivity contribution < 1.29 is 28.6 Å². The summed E-state index contributed by atoms with van der Waals surface area (Å²) in [7, 11) is 0. The van der Waals surface area contributed by atoms with Crippen LogP contribution in [0.5, 0.6) is 0 Å². The van der Waals surface area contributed by atoms with Gasteiger partial charge in [0.15, 0.2) is 6.10 Å². The lowest BCUT2D eigenvalue weighted by Crippen LogP contribution is -2.30. The van der Waals surface area contributed by atoms with Gasteiger partial charge in [0, 0.05) is 19.3 Å². The second kappa shape index (κ2) is 69.4. The number of carbonyl (C=O) groups is 3. The van der Waals surface area contributed by atoms with Crippen molar-refractivity contribution >= 4 is 17.9 Å². The number of esters is 3. The van der Waals surface area contributed by atoms with Crippen molar-refractivity contribution in [1.29, 1.82) is 0 Å². The minimum atomic E-state index is -0.774. The van der Waals surface area contributed by atoms with Gasteiger partial charge in [0.25, 0.3) is 0 Å². The van der Waals surface area contributed by atoms with Crippen molar-refractivity contribution in [2.75, 3.05) is 13.2 Å². The number of hydrogen-bond donors (Lipinski definition) is 0. The van der Waals surface area contributed by atoms with Crippen LogP contribution in [0.2, 0.25) is 0 Å². The molecule has 0 rings (SSSR count). The molecule has 0 aliphatic heterocycles. The van der Waals surface area contributed by atoms with Crippen LogP contribution >= 0.6 is 0 Å². The Hall–Kier alpha value is -2.11. The lowest BCUT2D eigenvalue weighted by Gasteiger charge is -2.18. The third-order valence-electron chi connectivity index (χ3n) is 16.7. The summed E-state index contributed by atoms with van der Waals surface area (Å²) in [6.07, 6.45) is 85.0. The summed E-state index contributed by atoms with van der Waals surface area (Å²) in [5.41, 5.74) is 0. The third kappa shape index (κ3) is 66.7. The number of rotatable bonds is 68. The maximum absolute atomic E-state index is 13.0. The fourth-order valence-electron chi connectivity index (χ4n) is 11.2. The van der Waals surface area contributed by atoms with Crippen molar-refractivity contribution in [3.05, 3.63) is 24.3 Å². The molecule has 0 aromatic carbocycles. The van der Waals surface area contributed by atoms with Crippen LogP contribution in [-0.2, 0) is 28.6 Å². The zero-order chi connectivity index (χ0) is 57.8. The molecule has 0 saturated carbocycles. The highest BCUT2D eigenvalue weighted by atomic mass is 16.6. The Labute approximate surface area is 500 Å². The van der Waals surface area contributed by atoms with Gasteiger partial charge in [-0.15, -0.1) is 0 Å². The Morgan fingerprint density at radius 3 is 0.700 bits per heavy atom. The Morgan fingerprint density at radius 2 is 0.450 bits per heavy atom. The molecular formula is C74H140O6. The van der Waals surface area contributed by atoms with Gasteiger partial charge in [0.1, 0.15) is 13.2 Å². The number of allylic oxidation sites excluding steroid dienone is 4. The summed E-state index contributed by atoms with van der Waals surface area (Å²) in [5, 5.41) is 0. The van der Waals surface area contributed by atoms with E-state index in [9.17, 15) is 14.4 Å². The molecule has 472 valence electrons. The molecule has 1 atom stereocenters. The average molecular weight is 1130 g/mol. The molecule has 0 spiro atoms. The van der Waals surface area contributed by atoms with E-state index in [0.717, 1.165) is 77.0 Å². The molecule has 0 saturated heterocycles. The van der Waals surface area contributed by atoms with Gasteiger partial charge in [-0.1, -0.05) is 366 Å². The highest BCUT2D eigenvalue weighted by molar-refractivity contribution is 5.71. The smallest absolute Gasteiger partial charge is 0.306 e. The highest BCUT2D eigenvalue weighted by Gasteiger charge is 2.19. The Bertz CT molecular complexity index is 1290. The quantitative estimate of drug-likeness (QED) is 0.0261. The van der Waals surface area contributed by atoms with Gasteiger partial charge < -0.3 is 14.2 Å². The summed E-state index contributed by atoms with van der Waals surface area (Å²) >= 11 is 0. The van der Waals surface area contributed by atoms with E-state index in [1.165, 1.54) is 295 Å². The van der Waals surface area contributed by atoms with Gasteiger partial charge in [-0.25, -0.2) is 0 Å². The van der Waals surface area contributed by atoms with E-state index >= 15 is 0 Å². The normalized spacial score (nSPS) is 12.1. The minimum absolute atomic E-state index is 0.0691. The first-order valence-electron chi connectivity index (χ1n) is 36.3. The molecule has 0 N–H and O–H groups in total. The monoisotopic (exact) mass is 1130 g/mol. The Balaban J connectivity index is 4.26. The molecule has 0 radical (unpaired) electrons. The molecule has 0 heterocycles. The second-order valence-corrected chi connectivity index (χ2v) is 24.9. The van der Waals surface area contributed by atoms with Crippen LogP contribution in [0.25, 0.3) is 0 Å². The molecular weight excluding hydrogens is 985 g/mol. The predicted molar refractivity (Wildman–Crippen MR) is 349 cm³/mol. The first kappa shape index (κ1) is 77.9. The third-order valence-corrected chi connectivity index (χ3v) is 16.7. The van der Waals surface area contributed by atoms with E-state index in [2.05, 4.69) is 45.1 Å². The molecule has 6 nitrogen and oxygen atoms in total. The second-order valence-electron chi connectivity index (χ2n) is 24.9. The number of unbranched alkanes of at least 4 members (excludes halogenated alkanes) is 53. The highest BCUT2D eigenvalue weighted by Crippen LogP contribution is 2.19. The van der Waals surface area contributed by atoms with Crippen LogP contribution in [0.15, 0.2) is 24.3 Å². The maximum Gasteiger partial charge on any atom is 0.306 e. The molecule has 0 aromatic heterocycles. The average Bonchev–Trinajstić information content (AvgIpc) is 3.46. The zero-order valence-electron chi connectivity index (χ0n) is 54.4. The van der Waals surface area contributed by atoms with Crippen molar-refractivity contribution in [3.8, 4) is 0 Å². The van der Waals surface area contributed by atoms with Crippen LogP contribution in [0.4, 0.5) is 0 Å². The fraction of sp³-hybridized carbons (Fsp3) is 0.905. The molecule has 80 heavy (non-hydrogen) atoms. The molecule has 0 amide bonds.